The number of sulfonamides is 1. The van der Waals surface area contributed by atoms with Crippen LogP contribution in [0, 0.1) is 6.92 Å². The Labute approximate surface area is 134 Å². The van der Waals surface area contributed by atoms with Crippen LogP contribution in [0.5, 0.6) is 0 Å². The number of aromatic nitrogens is 1. The van der Waals surface area contributed by atoms with Crippen molar-refractivity contribution in [3.05, 3.63) is 38.8 Å². The highest BCUT2D eigenvalue weighted by molar-refractivity contribution is 7.93. The third-order valence-corrected chi connectivity index (χ3v) is 5.61. The molecule has 0 unspecified atom stereocenters. The number of hydrogen-bond donors (Lipinski definition) is 2. The van der Waals surface area contributed by atoms with Crippen LogP contribution in [0.2, 0.25) is 10.0 Å². The van der Waals surface area contributed by atoms with Crippen LogP contribution in [0.1, 0.15) is 16.1 Å². The van der Waals surface area contributed by atoms with Crippen molar-refractivity contribution in [2.75, 3.05) is 4.72 Å². The number of aryl methyl sites for hydroxylation is 1. The van der Waals surface area contributed by atoms with Gasteiger partial charge in [0.2, 0.25) is 0 Å². The largest absolute Gasteiger partial charge is 0.478 e. The summed E-state index contributed by atoms with van der Waals surface area (Å²) in [7, 11) is -4.06. The zero-order chi connectivity index (χ0) is 15.8. The van der Waals surface area contributed by atoms with E-state index in [0.717, 1.165) is 17.4 Å². The minimum absolute atomic E-state index is 0.142. The number of halogens is 2. The SMILES string of the molecule is Cc1csc(NS(=O)(=O)c2ccc(Cl)c(C(=O)O)c2Cl)n1. The maximum Gasteiger partial charge on any atom is 0.338 e. The molecule has 2 N–H and O–H groups in total. The predicted octanol–water partition coefficient (Wildman–Crippen LogP) is 3.26. The molecule has 0 radical (unpaired) electrons. The van der Waals surface area contributed by atoms with Gasteiger partial charge in [0.05, 0.1) is 21.3 Å². The van der Waals surface area contributed by atoms with Crippen LogP contribution >= 0.6 is 34.5 Å². The fourth-order valence-corrected chi connectivity index (χ4v) is 4.37. The highest BCUT2D eigenvalue weighted by Crippen LogP contribution is 2.32. The van der Waals surface area contributed by atoms with E-state index < -0.39 is 26.6 Å². The van der Waals surface area contributed by atoms with E-state index in [1.54, 1.807) is 12.3 Å². The van der Waals surface area contributed by atoms with Gasteiger partial charge in [-0.15, -0.1) is 11.3 Å². The smallest absolute Gasteiger partial charge is 0.338 e. The summed E-state index contributed by atoms with van der Waals surface area (Å²) in [6.45, 7) is 1.71. The van der Waals surface area contributed by atoms with Gasteiger partial charge in [-0.2, -0.15) is 0 Å². The lowest BCUT2D eigenvalue weighted by molar-refractivity contribution is 0.0697. The molecular formula is C11H8Cl2N2O4S2. The van der Waals surface area contributed by atoms with Crippen LogP contribution in [-0.2, 0) is 10.0 Å². The second-order valence-electron chi connectivity index (χ2n) is 3.94. The molecule has 1 aromatic carbocycles. The van der Waals surface area contributed by atoms with Crippen LogP contribution in [-0.4, -0.2) is 24.5 Å². The van der Waals surface area contributed by atoms with Gasteiger partial charge in [-0.3, -0.25) is 4.72 Å². The lowest BCUT2D eigenvalue weighted by atomic mass is 10.2. The summed E-state index contributed by atoms with van der Waals surface area (Å²) in [6, 6.07) is 2.30. The summed E-state index contributed by atoms with van der Waals surface area (Å²) in [5, 5.41) is 10.3. The predicted molar refractivity (Wildman–Crippen MR) is 81.1 cm³/mol. The molecule has 112 valence electrons. The van der Waals surface area contributed by atoms with Gasteiger partial charge >= 0.3 is 5.97 Å². The van der Waals surface area contributed by atoms with Crippen molar-refractivity contribution in [2.45, 2.75) is 11.8 Å². The molecule has 0 amide bonds. The monoisotopic (exact) mass is 366 g/mol. The number of nitrogens with one attached hydrogen (secondary N) is 1. The third kappa shape index (κ3) is 3.29. The van der Waals surface area contributed by atoms with Crippen molar-refractivity contribution in [1.29, 1.82) is 0 Å². The molecule has 0 saturated carbocycles. The van der Waals surface area contributed by atoms with Crippen LogP contribution < -0.4 is 4.72 Å². The van der Waals surface area contributed by atoms with Crippen molar-refractivity contribution < 1.29 is 18.3 Å². The molecule has 1 heterocycles. The van der Waals surface area contributed by atoms with Gasteiger partial charge in [0, 0.05) is 5.38 Å². The summed E-state index contributed by atoms with van der Waals surface area (Å²) in [6.07, 6.45) is 0. The summed E-state index contributed by atoms with van der Waals surface area (Å²) >= 11 is 12.7. The first kappa shape index (κ1) is 16.0. The van der Waals surface area contributed by atoms with Crippen molar-refractivity contribution in [2.24, 2.45) is 0 Å². The van der Waals surface area contributed by atoms with E-state index in [1.807, 2.05) is 0 Å². The number of hydrogen-bond acceptors (Lipinski definition) is 5. The fourth-order valence-electron chi connectivity index (χ4n) is 1.51. The average Bonchev–Trinajstić information content (AvgIpc) is 2.72. The van der Waals surface area contributed by atoms with E-state index in [-0.39, 0.29) is 15.0 Å². The number of carbonyl (C=O) groups is 1. The van der Waals surface area contributed by atoms with Crippen molar-refractivity contribution >= 4 is 55.7 Å². The van der Waals surface area contributed by atoms with Crippen LogP contribution in [0.3, 0.4) is 0 Å². The van der Waals surface area contributed by atoms with Gasteiger partial charge < -0.3 is 5.11 Å². The van der Waals surface area contributed by atoms with E-state index >= 15 is 0 Å². The van der Waals surface area contributed by atoms with E-state index in [1.165, 1.54) is 6.07 Å². The lowest BCUT2D eigenvalue weighted by Gasteiger charge is -2.10. The number of aromatic carboxylic acids is 1. The molecule has 1 aromatic heterocycles. The second-order valence-corrected chi connectivity index (χ2v) is 7.23. The Morgan fingerprint density at radius 2 is 2.05 bits per heavy atom. The summed E-state index contributed by atoms with van der Waals surface area (Å²) in [5.41, 5.74) is 0.197. The van der Waals surface area contributed by atoms with E-state index in [0.29, 0.717) is 5.69 Å². The van der Waals surface area contributed by atoms with E-state index in [2.05, 4.69) is 9.71 Å². The van der Waals surface area contributed by atoms with Crippen LogP contribution in [0.25, 0.3) is 0 Å². The Morgan fingerprint density at radius 1 is 1.38 bits per heavy atom. The Bertz CT molecular complexity index is 818. The highest BCUT2D eigenvalue weighted by Gasteiger charge is 2.25. The minimum Gasteiger partial charge on any atom is -0.478 e. The van der Waals surface area contributed by atoms with Gasteiger partial charge in [-0.25, -0.2) is 18.2 Å². The highest BCUT2D eigenvalue weighted by atomic mass is 35.5. The van der Waals surface area contributed by atoms with Gasteiger partial charge in [0.25, 0.3) is 10.0 Å². The quantitative estimate of drug-likeness (QED) is 0.865. The van der Waals surface area contributed by atoms with E-state index in [9.17, 15) is 13.2 Å². The van der Waals surface area contributed by atoms with Gasteiger partial charge in [0.1, 0.15) is 4.90 Å². The van der Waals surface area contributed by atoms with Gasteiger partial charge in [0.15, 0.2) is 5.13 Å². The molecule has 0 bridgehead atoms. The normalized spacial score (nSPS) is 11.4. The van der Waals surface area contributed by atoms with E-state index in [4.69, 9.17) is 28.3 Å². The van der Waals surface area contributed by atoms with Gasteiger partial charge in [-0.05, 0) is 19.1 Å². The standard InChI is InChI=1S/C11H8Cl2N2O4S2/c1-5-4-20-11(14-5)15-21(18,19)7-3-2-6(12)8(9(7)13)10(16)17/h2-4H,1H3,(H,14,15)(H,16,17). The average molecular weight is 367 g/mol. The molecule has 0 aliphatic rings. The molecule has 0 saturated heterocycles. The number of carboxylic acids is 1. The topological polar surface area (TPSA) is 96.4 Å². The fraction of sp³-hybridized carbons (Fsp3) is 0.0909. The Kier molecular flexibility index (Phi) is 4.43. The molecule has 0 spiro atoms. The molecule has 0 atom stereocenters. The Hall–Kier alpha value is -1.35. The first-order valence-corrected chi connectivity index (χ1v) is 8.50. The molecule has 0 aliphatic heterocycles. The maximum atomic E-state index is 12.3. The second kappa shape index (κ2) is 5.80. The number of thiazole rings is 1. The van der Waals surface area contributed by atoms with Gasteiger partial charge in [-0.1, -0.05) is 23.2 Å². The Morgan fingerprint density at radius 3 is 2.57 bits per heavy atom. The summed E-state index contributed by atoms with van der Waals surface area (Å²) in [5.74, 6) is -1.41. The van der Waals surface area contributed by atoms with Crippen molar-refractivity contribution in [3.8, 4) is 0 Å². The molecule has 0 aliphatic carbocycles. The molecule has 0 fully saturated rings. The maximum absolute atomic E-state index is 12.3. The first-order valence-electron chi connectivity index (χ1n) is 5.38. The molecule has 2 rings (SSSR count). The molecule has 10 heteroatoms. The number of rotatable bonds is 4. The molecule has 6 nitrogen and oxygen atoms in total. The third-order valence-electron chi connectivity index (χ3n) is 2.40. The number of anilines is 1. The minimum atomic E-state index is -4.06. The number of benzene rings is 1. The summed E-state index contributed by atoms with van der Waals surface area (Å²) < 4.78 is 26.7. The molecule has 21 heavy (non-hydrogen) atoms. The van der Waals surface area contributed by atoms with Crippen LogP contribution in [0.4, 0.5) is 5.13 Å². The number of carboxylic acid groups (broad SMARTS) is 1. The zero-order valence-corrected chi connectivity index (χ0v) is 13.6. The first-order chi connectivity index (χ1) is 9.72. The number of nitrogens with zero attached hydrogens (tertiary/aromatic N) is 1. The molecule has 2 aromatic rings. The summed E-state index contributed by atoms with van der Waals surface area (Å²) in [4.78, 5) is 14.7. The zero-order valence-electron chi connectivity index (χ0n) is 10.4. The van der Waals surface area contributed by atoms with Crippen LogP contribution in [0.15, 0.2) is 22.4 Å². The lowest BCUT2D eigenvalue weighted by Crippen LogP contribution is -2.15. The Balaban J connectivity index is 2.50. The van der Waals surface area contributed by atoms with Crippen molar-refractivity contribution in [1.82, 2.24) is 4.98 Å². The van der Waals surface area contributed by atoms with Crippen molar-refractivity contribution in [3.63, 3.8) is 0 Å². The molecular weight excluding hydrogens is 359 g/mol.